The first kappa shape index (κ1) is 16.0. The molecule has 110 valence electrons. The highest BCUT2D eigenvalue weighted by molar-refractivity contribution is 9.10. The van der Waals surface area contributed by atoms with Gasteiger partial charge >= 0.3 is 0 Å². The molecule has 1 aromatic carbocycles. The zero-order valence-electron chi connectivity index (χ0n) is 11.9. The van der Waals surface area contributed by atoms with Crippen molar-refractivity contribution in [3.05, 3.63) is 33.8 Å². The Balaban J connectivity index is 2.21. The molecular weight excluding hydrogens is 382 g/mol. The van der Waals surface area contributed by atoms with Gasteiger partial charge in [-0.1, -0.05) is 41.3 Å². The van der Waals surface area contributed by atoms with Crippen molar-refractivity contribution in [3.63, 3.8) is 0 Å². The third kappa shape index (κ3) is 3.85. The highest BCUT2D eigenvalue weighted by Crippen LogP contribution is 2.26. The Kier molecular flexibility index (Phi) is 6.09. The van der Waals surface area contributed by atoms with E-state index in [2.05, 4.69) is 36.8 Å². The molecule has 1 aliphatic carbocycles. The molecule has 0 aromatic heterocycles. The van der Waals surface area contributed by atoms with Crippen LogP contribution in [0, 0.1) is 6.92 Å². The van der Waals surface area contributed by atoms with Crippen molar-refractivity contribution in [3.8, 4) is 0 Å². The van der Waals surface area contributed by atoms with Gasteiger partial charge in [-0.15, -0.1) is 0 Å². The first-order valence-electron chi connectivity index (χ1n) is 7.26. The predicted octanol–water partition coefficient (Wildman–Crippen LogP) is 4.93. The topological polar surface area (TPSA) is 20.3 Å². The van der Waals surface area contributed by atoms with Crippen LogP contribution in [-0.2, 0) is 0 Å². The summed E-state index contributed by atoms with van der Waals surface area (Å²) in [5.41, 5.74) is 1.94. The number of hydrogen-bond donors (Lipinski definition) is 0. The molecule has 0 aliphatic heterocycles. The molecule has 4 heteroatoms. The van der Waals surface area contributed by atoms with Gasteiger partial charge in [-0.25, -0.2) is 0 Å². The Bertz CT molecular complexity index is 470. The summed E-state index contributed by atoms with van der Waals surface area (Å²) < 4.78 is 0.901. The zero-order chi connectivity index (χ0) is 14.5. The maximum Gasteiger partial charge on any atom is 0.255 e. The minimum absolute atomic E-state index is 0.156. The lowest BCUT2D eigenvalue weighted by atomic mass is 9.93. The number of carbonyl (C=O) groups excluding carboxylic acids is 1. The predicted molar refractivity (Wildman–Crippen MR) is 90.6 cm³/mol. The van der Waals surface area contributed by atoms with Gasteiger partial charge in [0.1, 0.15) is 0 Å². The Morgan fingerprint density at radius 3 is 2.60 bits per heavy atom. The van der Waals surface area contributed by atoms with E-state index in [4.69, 9.17) is 0 Å². The van der Waals surface area contributed by atoms with Crippen molar-refractivity contribution in [2.24, 2.45) is 0 Å². The van der Waals surface area contributed by atoms with E-state index in [0.29, 0.717) is 6.04 Å². The average Bonchev–Trinajstić information content (AvgIpc) is 2.45. The first-order valence-corrected chi connectivity index (χ1v) is 9.18. The lowest BCUT2D eigenvalue weighted by molar-refractivity contribution is 0.0650. The quantitative estimate of drug-likeness (QED) is 0.654. The van der Waals surface area contributed by atoms with E-state index in [-0.39, 0.29) is 5.91 Å². The summed E-state index contributed by atoms with van der Waals surface area (Å²) in [6, 6.07) is 6.36. The Morgan fingerprint density at radius 1 is 1.30 bits per heavy atom. The molecule has 0 heterocycles. The van der Waals surface area contributed by atoms with Crippen LogP contribution in [0.1, 0.15) is 48.0 Å². The van der Waals surface area contributed by atoms with Gasteiger partial charge in [-0.3, -0.25) is 4.79 Å². The van der Waals surface area contributed by atoms with E-state index in [1.807, 2.05) is 25.1 Å². The minimum atomic E-state index is 0.156. The fourth-order valence-corrected chi connectivity index (χ4v) is 3.93. The molecule has 0 spiro atoms. The Morgan fingerprint density at radius 2 is 2.00 bits per heavy atom. The van der Waals surface area contributed by atoms with E-state index in [1.165, 1.54) is 19.3 Å². The number of amides is 1. The van der Waals surface area contributed by atoms with Gasteiger partial charge in [-0.05, 0) is 53.4 Å². The van der Waals surface area contributed by atoms with Crippen LogP contribution in [0.5, 0.6) is 0 Å². The SMILES string of the molecule is Cc1ccc(C(=O)N(CCBr)C2CCCCC2)c(Br)c1. The summed E-state index contributed by atoms with van der Waals surface area (Å²) in [4.78, 5) is 14.9. The smallest absolute Gasteiger partial charge is 0.255 e. The van der Waals surface area contributed by atoms with Crippen LogP contribution in [0.3, 0.4) is 0 Å². The maximum absolute atomic E-state index is 12.8. The van der Waals surface area contributed by atoms with E-state index < -0.39 is 0 Å². The lowest BCUT2D eigenvalue weighted by Crippen LogP contribution is -2.42. The van der Waals surface area contributed by atoms with E-state index in [1.54, 1.807) is 0 Å². The Hall–Kier alpha value is -0.350. The van der Waals surface area contributed by atoms with Gasteiger partial charge in [0.25, 0.3) is 5.91 Å². The van der Waals surface area contributed by atoms with Gasteiger partial charge in [0.05, 0.1) is 5.56 Å². The summed E-state index contributed by atoms with van der Waals surface area (Å²) >= 11 is 7.01. The number of aryl methyl sites for hydroxylation is 1. The summed E-state index contributed by atoms with van der Waals surface area (Å²) in [7, 11) is 0. The minimum Gasteiger partial charge on any atom is -0.335 e. The third-order valence-corrected chi connectivity index (χ3v) is 4.97. The van der Waals surface area contributed by atoms with E-state index in [0.717, 1.165) is 40.3 Å². The summed E-state index contributed by atoms with van der Waals surface area (Å²) in [6.45, 7) is 2.82. The van der Waals surface area contributed by atoms with E-state index in [9.17, 15) is 4.79 Å². The third-order valence-electron chi connectivity index (χ3n) is 3.96. The molecule has 1 aliphatic rings. The van der Waals surface area contributed by atoms with Gasteiger partial charge in [0, 0.05) is 22.4 Å². The number of nitrogens with zero attached hydrogens (tertiary/aromatic N) is 1. The standard InChI is InChI=1S/C16H21Br2NO/c1-12-7-8-14(15(18)11-12)16(20)19(10-9-17)13-5-3-2-4-6-13/h7-8,11,13H,2-6,9-10H2,1H3. The number of alkyl halides is 1. The second-order valence-electron chi connectivity index (χ2n) is 5.46. The molecular formula is C16H21Br2NO. The fraction of sp³-hybridized carbons (Fsp3) is 0.562. The van der Waals surface area contributed by atoms with Crippen molar-refractivity contribution in [2.45, 2.75) is 45.1 Å². The van der Waals surface area contributed by atoms with Crippen molar-refractivity contribution >= 4 is 37.8 Å². The van der Waals surface area contributed by atoms with Crippen LogP contribution in [0.15, 0.2) is 22.7 Å². The highest BCUT2D eigenvalue weighted by atomic mass is 79.9. The fourth-order valence-electron chi connectivity index (χ4n) is 2.88. The molecule has 1 aromatic rings. The largest absolute Gasteiger partial charge is 0.335 e. The van der Waals surface area contributed by atoms with E-state index >= 15 is 0 Å². The zero-order valence-corrected chi connectivity index (χ0v) is 15.0. The molecule has 2 nitrogen and oxygen atoms in total. The highest BCUT2D eigenvalue weighted by Gasteiger charge is 2.26. The van der Waals surface area contributed by atoms with Gasteiger partial charge in [0.15, 0.2) is 0 Å². The molecule has 0 saturated heterocycles. The molecule has 2 rings (SSSR count). The summed E-state index contributed by atoms with van der Waals surface area (Å²) in [5.74, 6) is 0.156. The number of carbonyl (C=O) groups is 1. The molecule has 0 radical (unpaired) electrons. The van der Waals surface area contributed by atoms with Crippen LogP contribution < -0.4 is 0 Å². The number of benzene rings is 1. The normalized spacial score (nSPS) is 16.1. The monoisotopic (exact) mass is 401 g/mol. The first-order chi connectivity index (χ1) is 9.63. The maximum atomic E-state index is 12.8. The second kappa shape index (κ2) is 7.60. The van der Waals surface area contributed by atoms with Gasteiger partial charge < -0.3 is 4.90 Å². The van der Waals surface area contributed by atoms with Crippen molar-refractivity contribution < 1.29 is 4.79 Å². The molecule has 1 saturated carbocycles. The van der Waals surface area contributed by atoms with Crippen LogP contribution in [0.25, 0.3) is 0 Å². The molecule has 0 unspecified atom stereocenters. The van der Waals surface area contributed by atoms with Gasteiger partial charge in [-0.2, -0.15) is 0 Å². The molecule has 0 bridgehead atoms. The number of halogens is 2. The Labute approximate surface area is 138 Å². The molecule has 0 atom stereocenters. The average molecular weight is 403 g/mol. The number of rotatable bonds is 4. The molecule has 1 fully saturated rings. The lowest BCUT2D eigenvalue weighted by Gasteiger charge is -2.34. The molecule has 1 amide bonds. The van der Waals surface area contributed by atoms with Crippen molar-refractivity contribution in [2.75, 3.05) is 11.9 Å². The van der Waals surface area contributed by atoms with Crippen LogP contribution in [0.4, 0.5) is 0 Å². The van der Waals surface area contributed by atoms with Crippen molar-refractivity contribution in [1.82, 2.24) is 4.90 Å². The van der Waals surface area contributed by atoms with Gasteiger partial charge in [0.2, 0.25) is 0 Å². The second-order valence-corrected chi connectivity index (χ2v) is 7.11. The van der Waals surface area contributed by atoms with Crippen molar-refractivity contribution in [1.29, 1.82) is 0 Å². The van der Waals surface area contributed by atoms with Crippen LogP contribution >= 0.6 is 31.9 Å². The van der Waals surface area contributed by atoms with Crippen LogP contribution in [-0.4, -0.2) is 28.7 Å². The molecule has 20 heavy (non-hydrogen) atoms. The molecule has 0 N–H and O–H groups in total. The number of hydrogen-bond acceptors (Lipinski definition) is 1. The summed E-state index contributed by atoms with van der Waals surface area (Å²) in [5, 5.41) is 0.832. The van der Waals surface area contributed by atoms with Crippen LogP contribution in [0.2, 0.25) is 0 Å². The summed E-state index contributed by atoms with van der Waals surface area (Å²) in [6.07, 6.45) is 6.07.